The molecule has 0 bridgehead atoms. The van der Waals surface area contributed by atoms with Gasteiger partial charge in [0.2, 0.25) is 0 Å². The molecule has 1 aromatic rings. The van der Waals surface area contributed by atoms with E-state index in [1.165, 1.54) is 11.3 Å². The second kappa shape index (κ2) is 8.21. The van der Waals surface area contributed by atoms with Crippen molar-refractivity contribution in [2.45, 2.75) is 78.2 Å². The minimum Gasteiger partial charge on any atom is -0.598 e. The van der Waals surface area contributed by atoms with Gasteiger partial charge in [-0.2, -0.15) is 0 Å². The normalized spacial score (nSPS) is 15.4. The quantitative estimate of drug-likeness (QED) is 0.572. The van der Waals surface area contributed by atoms with Gasteiger partial charge in [0.25, 0.3) is 0 Å². The summed E-state index contributed by atoms with van der Waals surface area (Å²) >= 11 is 0.252. The van der Waals surface area contributed by atoms with E-state index in [0.717, 1.165) is 11.3 Å². The van der Waals surface area contributed by atoms with Crippen molar-refractivity contribution >= 4 is 28.7 Å². The van der Waals surface area contributed by atoms with Crippen molar-refractivity contribution in [3.05, 3.63) is 21.9 Å². The molecule has 0 aliphatic rings. The molecule has 4 nitrogen and oxygen atoms in total. The minimum atomic E-state index is -1.16. The zero-order valence-corrected chi connectivity index (χ0v) is 17.7. The molecule has 0 aliphatic carbocycles. The molecule has 0 aliphatic heterocycles. The first kappa shape index (κ1) is 21.5. The number of thiophene rings is 1. The fourth-order valence-corrected chi connectivity index (χ4v) is 3.84. The molecule has 1 N–H and O–H groups in total. The monoisotopic (exact) mass is 373 g/mol. The van der Waals surface area contributed by atoms with Gasteiger partial charge in [-0.05, 0) is 66.0 Å². The Morgan fingerprint density at radius 3 is 2.29 bits per heavy atom. The summed E-state index contributed by atoms with van der Waals surface area (Å²) < 4.78 is 20.8. The molecule has 1 aromatic heterocycles. The van der Waals surface area contributed by atoms with Crippen molar-refractivity contribution < 1.29 is 14.1 Å². The summed E-state index contributed by atoms with van der Waals surface area (Å²) in [6.07, 6.45) is 0.857. The van der Waals surface area contributed by atoms with Gasteiger partial charge in [-0.1, -0.05) is 13.8 Å². The third kappa shape index (κ3) is 7.13. The average Bonchev–Trinajstić information content (AvgIpc) is 2.83. The Balaban J connectivity index is 2.94. The number of nitrogens with one attached hydrogen (secondary N) is 1. The third-order valence-corrected chi connectivity index (χ3v) is 5.87. The van der Waals surface area contributed by atoms with Crippen LogP contribution in [0, 0.1) is 5.92 Å². The van der Waals surface area contributed by atoms with E-state index in [0.29, 0.717) is 10.8 Å². The van der Waals surface area contributed by atoms with E-state index in [4.69, 9.17) is 4.74 Å². The average molecular weight is 374 g/mol. The van der Waals surface area contributed by atoms with Crippen molar-refractivity contribution in [1.29, 1.82) is 0 Å². The zero-order valence-electron chi connectivity index (χ0n) is 16.1. The molecular formula is C18H31NO3S2. The van der Waals surface area contributed by atoms with Crippen LogP contribution in [0.3, 0.4) is 0 Å². The largest absolute Gasteiger partial charge is 0.598 e. The number of rotatable bonds is 6. The molecule has 6 heteroatoms. The minimum absolute atomic E-state index is 0.0359. The van der Waals surface area contributed by atoms with Crippen LogP contribution in [0.25, 0.3) is 0 Å². The predicted molar refractivity (Wildman–Crippen MR) is 103 cm³/mol. The highest BCUT2D eigenvalue weighted by Crippen LogP contribution is 2.31. The van der Waals surface area contributed by atoms with Gasteiger partial charge in [0.05, 0.1) is 6.04 Å². The standard InChI is InChI=1S/C18H31NO3S2/c1-12(2)11-13(19-24(21)18(6,7)8)14-9-10-15(23-14)16(20)22-17(3,4)5/h9-10,12-13,19H,11H2,1-8H3/t13-,24?/m0/s1. The van der Waals surface area contributed by atoms with Crippen LogP contribution >= 0.6 is 11.3 Å². The molecule has 2 atom stereocenters. The molecule has 0 fully saturated rings. The SMILES string of the molecule is CC(C)C[C@H](N[S+]([O-])C(C)(C)C)c1ccc(C(=O)OC(C)(C)C)s1. The van der Waals surface area contributed by atoms with Crippen molar-refractivity contribution in [3.8, 4) is 0 Å². The van der Waals surface area contributed by atoms with Gasteiger partial charge in [-0.15, -0.1) is 16.1 Å². The summed E-state index contributed by atoms with van der Waals surface area (Å²) in [5, 5.41) is 0. The number of ether oxygens (including phenoxy) is 1. The van der Waals surface area contributed by atoms with Crippen LogP contribution in [0.4, 0.5) is 0 Å². The Hall–Kier alpha value is -0.560. The van der Waals surface area contributed by atoms with E-state index in [9.17, 15) is 9.35 Å². The molecule has 24 heavy (non-hydrogen) atoms. The van der Waals surface area contributed by atoms with E-state index in [1.807, 2.05) is 47.6 Å². The first-order valence-electron chi connectivity index (χ1n) is 8.30. The predicted octanol–water partition coefficient (Wildman–Crippen LogP) is 4.84. The Morgan fingerprint density at radius 1 is 1.25 bits per heavy atom. The fraction of sp³-hybridized carbons (Fsp3) is 0.722. The molecule has 0 amide bonds. The highest BCUT2D eigenvalue weighted by Gasteiger charge is 2.31. The number of hydrogen-bond donors (Lipinski definition) is 1. The van der Waals surface area contributed by atoms with E-state index in [-0.39, 0.29) is 16.8 Å². The first-order chi connectivity index (χ1) is 10.8. The van der Waals surface area contributed by atoms with Gasteiger partial charge >= 0.3 is 5.97 Å². The van der Waals surface area contributed by atoms with E-state index < -0.39 is 17.0 Å². The molecule has 1 unspecified atom stereocenters. The lowest BCUT2D eigenvalue weighted by Crippen LogP contribution is -2.41. The smallest absolute Gasteiger partial charge is 0.348 e. The van der Waals surface area contributed by atoms with Gasteiger partial charge < -0.3 is 9.29 Å². The molecule has 0 aromatic carbocycles. The summed E-state index contributed by atoms with van der Waals surface area (Å²) in [4.78, 5) is 13.8. The lowest BCUT2D eigenvalue weighted by atomic mass is 10.0. The van der Waals surface area contributed by atoms with Crippen LogP contribution in [0.2, 0.25) is 0 Å². The lowest BCUT2D eigenvalue weighted by molar-refractivity contribution is 0.00752. The van der Waals surface area contributed by atoms with Crippen molar-refractivity contribution in [3.63, 3.8) is 0 Å². The number of hydrogen-bond acceptors (Lipinski definition) is 5. The van der Waals surface area contributed by atoms with Gasteiger partial charge in [-0.25, -0.2) is 4.79 Å². The molecule has 138 valence electrons. The maximum absolute atomic E-state index is 12.5. The molecule has 0 radical (unpaired) electrons. The van der Waals surface area contributed by atoms with E-state index in [1.54, 1.807) is 6.07 Å². The maximum Gasteiger partial charge on any atom is 0.348 e. The zero-order chi connectivity index (χ0) is 18.7. The van der Waals surface area contributed by atoms with Crippen LogP contribution in [0.15, 0.2) is 12.1 Å². The van der Waals surface area contributed by atoms with Crippen LogP contribution in [-0.4, -0.2) is 20.9 Å². The molecule has 0 saturated heterocycles. The second-order valence-electron chi connectivity index (χ2n) is 8.38. The van der Waals surface area contributed by atoms with E-state index >= 15 is 0 Å². The van der Waals surface area contributed by atoms with Crippen LogP contribution in [0.1, 0.15) is 82.4 Å². The fourth-order valence-electron chi connectivity index (χ4n) is 1.98. The second-order valence-corrected chi connectivity index (χ2v) is 11.5. The molecule has 0 spiro atoms. The Morgan fingerprint density at radius 2 is 1.83 bits per heavy atom. The molecule has 0 saturated carbocycles. The molecule has 1 heterocycles. The Kier molecular flexibility index (Phi) is 7.35. The van der Waals surface area contributed by atoms with E-state index in [2.05, 4.69) is 18.6 Å². The van der Waals surface area contributed by atoms with Crippen molar-refractivity contribution in [1.82, 2.24) is 4.72 Å². The summed E-state index contributed by atoms with van der Waals surface area (Å²) in [6.45, 7) is 15.7. The van der Waals surface area contributed by atoms with Gasteiger partial charge in [0, 0.05) is 16.2 Å². The summed E-state index contributed by atoms with van der Waals surface area (Å²) in [6, 6.07) is 3.69. The molecular weight excluding hydrogens is 342 g/mol. The van der Waals surface area contributed by atoms with Gasteiger partial charge in [0.1, 0.15) is 15.2 Å². The topological polar surface area (TPSA) is 61.4 Å². The van der Waals surface area contributed by atoms with Gasteiger partial charge in [0.15, 0.2) is 0 Å². The van der Waals surface area contributed by atoms with Crippen LogP contribution in [-0.2, 0) is 16.1 Å². The Labute approximate surface area is 153 Å². The summed E-state index contributed by atoms with van der Waals surface area (Å²) in [5.41, 5.74) is -0.509. The summed E-state index contributed by atoms with van der Waals surface area (Å²) in [7, 11) is 0. The van der Waals surface area contributed by atoms with Gasteiger partial charge in [-0.3, -0.25) is 0 Å². The first-order valence-corrected chi connectivity index (χ1v) is 10.3. The van der Waals surface area contributed by atoms with Crippen molar-refractivity contribution in [2.24, 2.45) is 5.92 Å². The number of carbonyl (C=O) groups is 1. The molecule has 1 rings (SSSR count). The maximum atomic E-state index is 12.5. The lowest BCUT2D eigenvalue weighted by Gasteiger charge is -2.28. The van der Waals surface area contributed by atoms with Crippen molar-refractivity contribution in [2.75, 3.05) is 0 Å². The highest BCUT2D eigenvalue weighted by molar-refractivity contribution is 7.90. The Bertz CT molecular complexity index is 541. The number of carbonyl (C=O) groups excluding carboxylic acids is 1. The third-order valence-electron chi connectivity index (χ3n) is 3.08. The van der Waals surface area contributed by atoms with Crippen LogP contribution in [0.5, 0.6) is 0 Å². The number of esters is 1. The summed E-state index contributed by atoms with van der Waals surface area (Å²) in [5.74, 6) is 0.144. The highest BCUT2D eigenvalue weighted by atomic mass is 32.2. The van der Waals surface area contributed by atoms with Crippen LogP contribution < -0.4 is 4.72 Å².